The van der Waals surface area contributed by atoms with Gasteiger partial charge in [0, 0.05) is 0 Å². The molecule has 0 saturated heterocycles. The standard InChI is InChI=1S/C17H28O4/c1-2-3-4-5-6-7-8-9-10-11-12-13-14-15-16(21-20)17(18)19/h3-4,6-7,9-10,16,20H,2,5,8,11-15H2,1H3,(H,18,19)/b4-3-,7-6-,10-9-. The second-order valence-corrected chi connectivity index (χ2v) is 4.86. The zero-order valence-electron chi connectivity index (χ0n) is 12.9. The number of carboxylic acid groups (broad SMARTS) is 1. The Labute approximate surface area is 127 Å². The second-order valence-electron chi connectivity index (χ2n) is 4.86. The Morgan fingerprint density at radius 1 is 1.00 bits per heavy atom. The van der Waals surface area contributed by atoms with Crippen LogP contribution in [-0.2, 0) is 9.68 Å². The zero-order valence-corrected chi connectivity index (χ0v) is 12.9. The van der Waals surface area contributed by atoms with Gasteiger partial charge in [-0.05, 0) is 38.5 Å². The number of allylic oxidation sites excluding steroid dienone is 6. The zero-order chi connectivity index (χ0) is 15.8. The summed E-state index contributed by atoms with van der Waals surface area (Å²) in [6.07, 6.45) is 19.0. The SMILES string of the molecule is CC/C=C\C/C=C\C/C=C\CCCCCC(OO)C(=O)O. The third-order valence-corrected chi connectivity index (χ3v) is 3.02. The molecule has 0 fully saturated rings. The van der Waals surface area contributed by atoms with Crippen molar-refractivity contribution in [2.75, 3.05) is 0 Å². The molecule has 0 spiro atoms. The van der Waals surface area contributed by atoms with E-state index >= 15 is 0 Å². The molecule has 0 aromatic heterocycles. The van der Waals surface area contributed by atoms with Gasteiger partial charge in [0.25, 0.3) is 0 Å². The van der Waals surface area contributed by atoms with Crippen LogP contribution in [0.3, 0.4) is 0 Å². The quantitative estimate of drug-likeness (QED) is 0.223. The van der Waals surface area contributed by atoms with Crippen molar-refractivity contribution in [2.24, 2.45) is 0 Å². The topological polar surface area (TPSA) is 66.8 Å². The molecule has 2 N–H and O–H groups in total. The van der Waals surface area contributed by atoms with E-state index in [2.05, 4.69) is 48.3 Å². The Bertz CT molecular complexity index is 332. The van der Waals surface area contributed by atoms with Crippen molar-refractivity contribution < 1.29 is 20.0 Å². The predicted molar refractivity (Wildman–Crippen MR) is 85.2 cm³/mol. The van der Waals surface area contributed by atoms with E-state index < -0.39 is 12.1 Å². The van der Waals surface area contributed by atoms with Gasteiger partial charge in [-0.25, -0.2) is 9.68 Å². The molecule has 0 heterocycles. The molecule has 0 bridgehead atoms. The first kappa shape index (κ1) is 19.6. The fourth-order valence-electron chi connectivity index (χ4n) is 1.82. The molecule has 4 heteroatoms. The molecule has 0 rings (SSSR count). The second kappa shape index (κ2) is 15.0. The first-order valence-corrected chi connectivity index (χ1v) is 7.70. The highest BCUT2D eigenvalue weighted by molar-refractivity contribution is 5.72. The minimum atomic E-state index is -1.11. The number of hydrogen-bond acceptors (Lipinski definition) is 3. The van der Waals surface area contributed by atoms with Crippen molar-refractivity contribution in [3.63, 3.8) is 0 Å². The van der Waals surface area contributed by atoms with Gasteiger partial charge in [0.1, 0.15) is 0 Å². The Morgan fingerprint density at radius 3 is 2.19 bits per heavy atom. The van der Waals surface area contributed by atoms with E-state index in [1.54, 1.807) is 0 Å². The van der Waals surface area contributed by atoms with E-state index in [9.17, 15) is 4.79 Å². The van der Waals surface area contributed by atoms with Crippen LogP contribution in [0.1, 0.15) is 58.3 Å². The highest BCUT2D eigenvalue weighted by atomic mass is 17.1. The smallest absolute Gasteiger partial charge is 0.336 e. The van der Waals surface area contributed by atoms with Crippen molar-refractivity contribution in [3.8, 4) is 0 Å². The van der Waals surface area contributed by atoms with E-state index in [-0.39, 0.29) is 0 Å². The summed E-state index contributed by atoms with van der Waals surface area (Å²) in [5.41, 5.74) is 0. The summed E-state index contributed by atoms with van der Waals surface area (Å²) in [5, 5.41) is 17.0. The number of hydrogen-bond donors (Lipinski definition) is 2. The lowest BCUT2D eigenvalue weighted by Crippen LogP contribution is -2.22. The lowest BCUT2D eigenvalue weighted by atomic mass is 10.1. The number of aliphatic carboxylic acids is 1. The van der Waals surface area contributed by atoms with E-state index in [1.165, 1.54) is 0 Å². The molecule has 1 unspecified atom stereocenters. The van der Waals surface area contributed by atoms with Crippen LogP contribution in [0.5, 0.6) is 0 Å². The summed E-state index contributed by atoms with van der Waals surface area (Å²) in [6.45, 7) is 2.13. The summed E-state index contributed by atoms with van der Waals surface area (Å²) in [4.78, 5) is 14.5. The van der Waals surface area contributed by atoms with Crippen molar-refractivity contribution >= 4 is 5.97 Å². The monoisotopic (exact) mass is 296 g/mol. The predicted octanol–water partition coefficient (Wildman–Crippen LogP) is 4.74. The van der Waals surface area contributed by atoms with Crippen molar-refractivity contribution in [1.82, 2.24) is 0 Å². The minimum absolute atomic E-state index is 0.351. The van der Waals surface area contributed by atoms with Gasteiger partial charge in [-0.1, -0.05) is 56.2 Å². The maximum absolute atomic E-state index is 10.6. The van der Waals surface area contributed by atoms with Crippen molar-refractivity contribution in [3.05, 3.63) is 36.5 Å². The first-order valence-electron chi connectivity index (χ1n) is 7.70. The van der Waals surface area contributed by atoms with E-state index in [0.717, 1.165) is 44.9 Å². The van der Waals surface area contributed by atoms with Crippen LogP contribution in [0.15, 0.2) is 36.5 Å². The average Bonchev–Trinajstić information content (AvgIpc) is 2.47. The number of rotatable bonds is 13. The molecule has 120 valence electrons. The molecular weight excluding hydrogens is 268 g/mol. The van der Waals surface area contributed by atoms with Crippen LogP contribution in [0.2, 0.25) is 0 Å². The summed E-state index contributed by atoms with van der Waals surface area (Å²) < 4.78 is 0. The van der Waals surface area contributed by atoms with Crippen LogP contribution >= 0.6 is 0 Å². The molecular formula is C17H28O4. The fraction of sp³-hybridized carbons (Fsp3) is 0.588. The Morgan fingerprint density at radius 2 is 1.62 bits per heavy atom. The lowest BCUT2D eigenvalue weighted by molar-refractivity contribution is -0.277. The molecule has 0 aromatic carbocycles. The van der Waals surface area contributed by atoms with Gasteiger partial charge in [-0.2, -0.15) is 0 Å². The maximum Gasteiger partial charge on any atom is 0.336 e. The molecule has 4 nitrogen and oxygen atoms in total. The Balaban J connectivity index is 3.44. The molecule has 0 aliphatic carbocycles. The van der Waals surface area contributed by atoms with Crippen LogP contribution in [-0.4, -0.2) is 22.4 Å². The Kier molecular flexibility index (Phi) is 14.0. The third kappa shape index (κ3) is 13.4. The van der Waals surface area contributed by atoms with Gasteiger partial charge in [0.15, 0.2) is 6.10 Å². The molecule has 0 aliphatic heterocycles. The lowest BCUT2D eigenvalue weighted by Gasteiger charge is -2.07. The van der Waals surface area contributed by atoms with Gasteiger partial charge in [0.05, 0.1) is 0 Å². The van der Waals surface area contributed by atoms with Crippen LogP contribution in [0.4, 0.5) is 0 Å². The molecule has 1 atom stereocenters. The number of unbranched alkanes of at least 4 members (excludes halogenated alkanes) is 3. The van der Waals surface area contributed by atoms with Crippen molar-refractivity contribution in [1.29, 1.82) is 0 Å². The normalized spacial score (nSPS) is 13.6. The summed E-state index contributed by atoms with van der Waals surface area (Å²) in [6, 6.07) is 0. The van der Waals surface area contributed by atoms with Crippen LogP contribution in [0, 0.1) is 0 Å². The van der Waals surface area contributed by atoms with E-state index in [0.29, 0.717) is 6.42 Å². The maximum atomic E-state index is 10.6. The molecule has 0 radical (unpaired) electrons. The molecule has 21 heavy (non-hydrogen) atoms. The highest BCUT2D eigenvalue weighted by Crippen LogP contribution is 2.08. The summed E-state index contributed by atoms with van der Waals surface area (Å²) in [7, 11) is 0. The summed E-state index contributed by atoms with van der Waals surface area (Å²) >= 11 is 0. The van der Waals surface area contributed by atoms with Crippen LogP contribution < -0.4 is 0 Å². The van der Waals surface area contributed by atoms with Crippen molar-refractivity contribution in [2.45, 2.75) is 64.4 Å². The molecule has 0 aliphatic rings. The first-order chi connectivity index (χ1) is 10.2. The number of carboxylic acids is 1. The minimum Gasteiger partial charge on any atom is -0.479 e. The largest absolute Gasteiger partial charge is 0.479 e. The van der Waals surface area contributed by atoms with Gasteiger partial charge in [-0.3, -0.25) is 5.26 Å². The van der Waals surface area contributed by atoms with Gasteiger partial charge < -0.3 is 5.11 Å². The van der Waals surface area contributed by atoms with Gasteiger partial charge in [-0.15, -0.1) is 0 Å². The Hall–Kier alpha value is -1.39. The van der Waals surface area contributed by atoms with E-state index in [1.807, 2.05) is 0 Å². The molecule has 0 saturated carbocycles. The van der Waals surface area contributed by atoms with Gasteiger partial charge >= 0.3 is 5.97 Å². The molecule has 0 aromatic rings. The molecule has 0 amide bonds. The average molecular weight is 296 g/mol. The van der Waals surface area contributed by atoms with E-state index in [4.69, 9.17) is 10.4 Å². The highest BCUT2D eigenvalue weighted by Gasteiger charge is 2.16. The third-order valence-electron chi connectivity index (χ3n) is 3.02. The van der Waals surface area contributed by atoms with Gasteiger partial charge in [0.2, 0.25) is 0 Å². The van der Waals surface area contributed by atoms with Crippen LogP contribution in [0.25, 0.3) is 0 Å². The fourth-order valence-corrected chi connectivity index (χ4v) is 1.82. The number of carbonyl (C=O) groups is 1. The summed E-state index contributed by atoms with van der Waals surface area (Å²) in [5.74, 6) is -1.11.